The molecule has 0 heterocycles. The van der Waals surface area contributed by atoms with Gasteiger partial charge in [-0.25, -0.2) is 0 Å². The average molecular weight is 451 g/mol. The average Bonchev–Trinajstić information content (AvgIpc) is 3.42. The van der Waals surface area contributed by atoms with Crippen LogP contribution in [0.1, 0.15) is 113 Å². The lowest BCUT2D eigenvalue weighted by Crippen LogP contribution is -2.62. The van der Waals surface area contributed by atoms with Gasteiger partial charge in [-0.2, -0.15) is 0 Å². The third kappa shape index (κ3) is 2.28. The van der Waals surface area contributed by atoms with Crippen molar-refractivity contribution < 1.29 is 5.11 Å². The van der Waals surface area contributed by atoms with E-state index in [0.717, 1.165) is 18.3 Å². The molecule has 0 radical (unpaired) electrons. The SMILES string of the molecule is C=C(C)[C@@]12CC[C@@H](C)[C@@H](C)[C@@H]1C1=CC[C@@]34C[C@@]35CC[C@@H](O)C(C)(C)[C@H]5CC[C@@]4(C)[C@]1(C)CC2. The van der Waals surface area contributed by atoms with Crippen LogP contribution in [0.25, 0.3) is 0 Å². The van der Waals surface area contributed by atoms with Crippen LogP contribution in [0.2, 0.25) is 0 Å². The minimum atomic E-state index is -0.115. The Balaban J connectivity index is 1.47. The van der Waals surface area contributed by atoms with Crippen molar-refractivity contribution in [2.75, 3.05) is 0 Å². The molecule has 1 N–H and O–H groups in total. The van der Waals surface area contributed by atoms with E-state index in [0.29, 0.717) is 38.9 Å². The van der Waals surface area contributed by atoms with Crippen LogP contribution < -0.4 is 0 Å². The van der Waals surface area contributed by atoms with Crippen molar-refractivity contribution in [2.45, 2.75) is 119 Å². The molecule has 0 aromatic rings. The van der Waals surface area contributed by atoms with E-state index in [1.807, 2.05) is 5.57 Å². The first-order valence-corrected chi connectivity index (χ1v) is 14.4. The van der Waals surface area contributed by atoms with Crippen molar-refractivity contribution in [3.63, 3.8) is 0 Å². The molecule has 6 aliphatic carbocycles. The summed E-state index contributed by atoms with van der Waals surface area (Å²) in [5, 5.41) is 10.9. The van der Waals surface area contributed by atoms with Gasteiger partial charge in [0.05, 0.1) is 6.10 Å². The normalized spacial score (nSPS) is 58.5. The molecule has 5 saturated carbocycles. The first kappa shape index (κ1) is 22.9. The molecule has 1 heteroatoms. The second-order valence-corrected chi connectivity index (χ2v) is 15.2. The molecular weight excluding hydrogens is 400 g/mol. The largest absolute Gasteiger partial charge is 0.393 e. The topological polar surface area (TPSA) is 20.2 Å². The van der Waals surface area contributed by atoms with Gasteiger partial charge in [0.1, 0.15) is 0 Å². The monoisotopic (exact) mass is 450 g/mol. The predicted molar refractivity (Wildman–Crippen MR) is 138 cm³/mol. The van der Waals surface area contributed by atoms with Crippen molar-refractivity contribution in [1.29, 1.82) is 0 Å². The summed E-state index contributed by atoms with van der Waals surface area (Å²) in [4.78, 5) is 0. The fourth-order valence-corrected chi connectivity index (χ4v) is 12.0. The fourth-order valence-electron chi connectivity index (χ4n) is 12.0. The Morgan fingerprint density at radius 2 is 1.70 bits per heavy atom. The van der Waals surface area contributed by atoms with E-state index in [1.165, 1.54) is 63.4 Å². The van der Waals surface area contributed by atoms with Crippen LogP contribution in [0.3, 0.4) is 0 Å². The number of aliphatic hydroxyl groups excluding tert-OH is 1. The summed E-state index contributed by atoms with van der Waals surface area (Å²) in [6.45, 7) is 22.3. The fraction of sp³-hybridized carbons (Fsp3) is 0.875. The summed E-state index contributed by atoms with van der Waals surface area (Å²) in [6.07, 6.45) is 15.9. The van der Waals surface area contributed by atoms with Gasteiger partial charge in [0, 0.05) is 0 Å². The summed E-state index contributed by atoms with van der Waals surface area (Å²) >= 11 is 0. The number of fused-ring (bicyclic) bond motifs is 4. The molecule has 0 amide bonds. The maximum absolute atomic E-state index is 10.9. The number of aliphatic hydroxyl groups is 1. The lowest BCUT2D eigenvalue weighted by Gasteiger charge is -2.69. The van der Waals surface area contributed by atoms with Crippen molar-refractivity contribution in [3.05, 3.63) is 23.8 Å². The third-order valence-electron chi connectivity index (χ3n) is 14.6. The van der Waals surface area contributed by atoms with E-state index in [2.05, 4.69) is 61.1 Å². The summed E-state index contributed by atoms with van der Waals surface area (Å²) in [5.74, 6) is 2.97. The van der Waals surface area contributed by atoms with E-state index >= 15 is 0 Å². The molecule has 6 rings (SSSR count). The minimum Gasteiger partial charge on any atom is -0.393 e. The van der Waals surface area contributed by atoms with E-state index in [4.69, 9.17) is 0 Å². The first-order chi connectivity index (χ1) is 15.3. The molecular formula is C32H50O. The number of rotatable bonds is 1. The molecule has 184 valence electrons. The van der Waals surface area contributed by atoms with Crippen LogP contribution in [-0.2, 0) is 0 Å². The highest BCUT2D eigenvalue weighted by atomic mass is 16.3. The van der Waals surface area contributed by atoms with Gasteiger partial charge >= 0.3 is 0 Å². The second kappa shape index (κ2) is 6.41. The van der Waals surface area contributed by atoms with Gasteiger partial charge in [-0.3, -0.25) is 0 Å². The number of allylic oxidation sites excluding steroid dienone is 3. The van der Waals surface area contributed by atoms with Gasteiger partial charge in [0.2, 0.25) is 0 Å². The van der Waals surface area contributed by atoms with Crippen molar-refractivity contribution in [3.8, 4) is 0 Å². The Kier molecular flexibility index (Phi) is 4.44. The molecule has 0 aromatic carbocycles. The smallest absolute Gasteiger partial charge is 0.0594 e. The molecule has 0 saturated heterocycles. The number of hydrogen-bond acceptors (Lipinski definition) is 1. The Morgan fingerprint density at radius 3 is 2.39 bits per heavy atom. The summed E-state index contributed by atoms with van der Waals surface area (Å²) < 4.78 is 0. The molecule has 33 heavy (non-hydrogen) atoms. The van der Waals surface area contributed by atoms with Crippen LogP contribution in [0.5, 0.6) is 0 Å². The van der Waals surface area contributed by atoms with Gasteiger partial charge in [0.25, 0.3) is 0 Å². The minimum absolute atomic E-state index is 0.0724. The van der Waals surface area contributed by atoms with E-state index in [9.17, 15) is 5.11 Å². The highest BCUT2D eigenvalue weighted by Crippen LogP contribution is 2.90. The standard InChI is InChI=1S/C32H50O/c1-20(2)30-14-9-21(3)22(4)26(30)23-10-16-32-19-31(32)15-12-25(33)27(5,6)24(31)11-13-29(32,8)28(23,7)17-18-30/h10,21-22,24-26,33H,1,9,11-19H2,2-8H3/t21-,22-,24-,25-,26-,28-,29+,30+,31-,32+/m1/s1. The van der Waals surface area contributed by atoms with E-state index < -0.39 is 0 Å². The Hall–Kier alpha value is -0.560. The third-order valence-corrected chi connectivity index (χ3v) is 14.6. The van der Waals surface area contributed by atoms with Gasteiger partial charge in [0.15, 0.2) is 0 Å². The van der Waals surface area contributed by atoms with Gasteiger partial charge < -0.3 is 5.11 Å². The molecule has 0 aliphatic heterocycles. The maximum atomic E-state index is 10.9. The highest BCUT2D eigenvalue weighted by Gasteiger charge is 2.83. The molecule has 6 aliphatic rings. The van der Waals surface area contributed by atoms with E-state index in [1.54, 1.807) is 0 Å². The molecule has 2 spiro atoms. The maximum Gasteiger partial charge on any atom is 0.0594 e. The van der Waals surface area contributed by atoms with Crippen LogP contribution in [0.4, 0.5) is 0 Å². The Labute approximate surface area is 203 Å². The molecule has 5 fully saturated rings. The van der Waals surface area contributed by atoms with Crippen molar-refractivity contribution >= 4 is 0 Å². The van der Waals surface area contributed by atoms with Gasteiger partial charge in [-0.05, 0) is 127 Å². The second-order valence-electron chi connectivity index (χ2n) is 15.2. The number of hydrogen-bond donors (Lipinski definition) is 1. The summed E-state index contributed by atoms with van der Waals surface area (Å²) in [5.41, 5.74) is 5.44. The van der Waals surface area contributed by atoms with Crippen molar-refractivity contribution in [1.82, 2.24) is 0 Å². The Morgan fingerprint density at radius 1 is 0.970 bits per heavy atom. The zero-order valence-electron chi connectivity index (χ0n) is 22.7. The van der Waals surface area contributed by atoms with Gasteiger partial charge in [-0.1, -0.05) is 65.3 Å². The summed E-state index contributed by atoms with van der Waals surface area (Å²) in [7, 11) is 0. The van der Waals surface area contributed by atoms with Crippen LogP contribution in [-0.4, -0.2) is 11.2 Å². The zero-order chi connectivity index (χ0) is 23.8. The predicted octanol–water partition coefficient (Wildman–Crippen LogP) is 8.34. The summed E-state index contributed by atoms with van der Waals surface area (Å²) in [6, 6.07) is 0. The first-order valence-electron chi connectivity index (χ1n) is 14.4. The lowest BCUT2D eigenvalue weighted by atomic mass is 9.35. The van der Waals surface area contributed by atoms with Crippen molar-refractivity contribution in [2.24, 2.45) is 56.2 Å². The molecule has 1 nitrogen and oxygen atoms in total. The molecule has 0 bridgehead atoms. The quantitative estimate of drug-likeness (QED) is 0.398. The molecule has 10 atom stereocenters. The van der Waals surface area contributed by atoms with Crippen LogP contribution in [0, 0.1) is 56.2 Å². The Bertz CT molecular complexity index is 927. The zero-order valence-corrected chi connectivity index (χ0v) is 22.7. The lowest BCUT2D eigenvalue weighted by molar-refractivity contribution is -0.161. The van der Waals surface area contributed by atoms with Crippen LogP contribution in [0.15, 0.2) is 23.8 Å². The van der Waals surface area contributed by atoms with E-state index in [-0.39, 0.29) is 11.5 Å². The van der Waals surface area contributed by atoms with Crippen LogP contribution >= 0.6 is 0 Å². The highest BCUT2D eigenvalue weighted by molar-refractivity contribution is 5.43. The molecule has 0 aromatic heterocycles. The van der Waals surface area contributed by atoms with Gasteiger partial charge in [-0.15, -0.1) is 0 Å². The molecule has 0 unspecified atom stereocenters.